The summed E-state index contributed by atoms with van der Waals surface area (Å²) >= 11 is 0. The molecule has 0 atom stereocenters. The highest BCUT2D eigenvalue weighted by molar-refractivity contribution is 7.79. The number of hydrogen-bond donors (Lipinski definition) is 0. The Kier molecular flexibility index (Phi) is 25.5. The molecule has 0 bridgehead atoms. The second kappa shape index (κ2) is 24.0. The zero-order chi connectivity index (χ0) is 24.6. The van der Waals surface area contributed by atoms with Gasteiger partial charge in [0.1, 0.15) is 0 Å². The van der Waals surface area contributed by atoms with Gasteiger partial charge in [-0.3, -0.25) is 8.42 Å². The molecule has 0 amide bonds. The molecule has 32 heavy (non-hydrogen) atoms. The van der Waals surface area contributed by atoms with Gasteiger partial charge in [0.25, 0.3) is 0 Å². The first-order valence-corrected chi connectivity index (χ1v) is 14.9. The molecule has 0 radical (unpaired) electrons. The molecule has 0 unspecified atom stereocenters. The van der Waals surface area contributed by atoms with Gasteiger partial charge in [-0.1, -0.05) is 117 Å². The van der Waals surface area contributed by atoms with E-state index in [9.17, 15) is 0 Å². The Morgan fingerprint density at radius 2 is 0.688 bits per heavy atom. The molecular weight excluding hydrogens is 422 g/mol. The zero-order valence-corrected chi connectivity index (χ0v) is 22.9. The van der Waals surface area contributed by atoms with Gasteiger partial charge in [0.2, 0.25) is 0 Å². The summed E-state index contributed by atoms with van der Waals surface area (Å²) in [5.74, 6) is 0. The van der Waals surface area contributed by atoms with Gasteiger partial charge < -0.3 is 13.6 Å². The maximum atomic E-state index is 8.52. The molecule has 0 aliphatic heterocycles. The van der Waals surface area contributed by atoms with E-state index in [4.69, 9.17) is 17.5 Å². The Morgan fingerprint density at radius 3 is 0.906 bits per heavy atom. The first-order chi connectivity index (χ1) is 15.1. The number of hydrogen-bond acceptors (Lipinski definition) is 4. The van der Waals surface area contributed by atoms with Gasteiger partial charge in [-0.25, -0.2) is 0 Å². The highest BCUT2D eigenvalue weighted by atomic mass is 32.3. The van der Waals surface area contributed by atoms with Crippen LogP contribution in [0.4, 0.5) is 0 Å². The SMILES string of the molecule is CCCCCCCCCCCC[N+](C)(C)CCCCCCCCCCCC.O=S(=O)([O-])[O-].[H+]. The molecule has 0 aromatic heterocycles. The van der Waals surface area contributed by atoms with Crippen LogP contribution in [0.5, 0.6) is 0 Å². The van der Waals surface area contributed by atoms with Crippen molar-refractivity contribution in [1.29, 1.82) is 0 Å². The normalized spacial score (nSPS) is 11.9. The molecule has 0 aliphatic carbocycles. The van der Waals surface area contributed by atoms with E-state index in [1.165, 1.54) is 146 Å². The fourth-order valence-corrected chi connectivity index (χ4v) is 4.17. The van der Waals surface area contributed by atoms with Gasteiger partial charge in [-0.05, 0) is 25.7 Å². The topological polar surface area (TPSA) is 80.3 Å². The molecule has 0 aromatic rings. The third-order valence-electron chi connectivity index (χ3n) is 6.23. The van der Waals surface area contributed by atoms with Crippen LogP contribution in [-0.2, 0) is 10.4 Å². The van der Waals surface area contributed by atoms with Crippen molar-refractivity contribution in [2.24, 2.45) is 0 Å². The molecule has 0 saturated heterocycles. The van der Waals surface area contributed by atoms with Crippen molar-refractivity contribution in [1.82, 2.24) is 0 Å². The number of unbranched alkanes of at least 4 members (excludes halogenated alkanes) is 18. The summed E-state index contributed by atoms with van der Waals surface area (Å²) < 4.78 is 35.3. The Labute approximate surface area is 203 Å². The molecule has 196 valence electrons. The second-order valence-electron chi connectivity index (χ2n) is 10.2. The van der Waals surface area contributed by atoms with E-state index in [2.05, 4.69) is 27.9 Å². The van der Waals surface area contributed by atoms with Crippen LogP contribution in [0.2, 0.25) is 0 Å². The van der Waals surface area contributed by atoms with Crippen LogP contribution in [0.15, 0.2) is 0 Å². The largest absolute Gasteiger partial charge is 1.00 e. The van der Waals surface area contributed by atoms with Gasteiger partial charge in [-0.15, -0.1) is 0 Å². The van der Waals surface area contributed by atoms with Crippen molar-refractivity contribution in [2.75, 3.05) is 27.2 Å². The minimum atomic E-state index is -5.17. The molecule has 0 aromatic carbocycles. The second-order valence-corrected chi connectivity index (χ2v) is 11.0. The highest BCUT2D eigenvalue weighted by Gasteiger charge is 2.13. The molecule has 5 nitrogen and oxygen atoms in total. The summed E-state index contributed by atoms with van der Waals surface area (Å²) in [6.45, 7) is 7.37. The molecule has 0 N–H and O–H groups in total. The van der Waals surface area contributed by atoms with Crippen LogP contribution in [0.1, 0.15) is 144 Å². The molecule has 0 rings (SSSR count). The van der Waals surface area contributed by atoms with Crippen LogP contribution in [-0.4, -0.2) is 49.2 Å². The lowest BCUT2D eigenvalue weighted by atomic mass is 10.1. The summed E-state index contributed by atoms with van der Waals surface area (Å²) in [4.78, 5) is 0. The lowest BCUT2D eigenvalue weighted by Crippen LogP contribution is -2.41. The quantitative estimate of drug-likeness (QED) is 0.0690. The van der Waals surface area contributed by atoms with Crippen molar-refractivity contribution in [3.8, 4) is 0 Å². The monoisotopic (exact) mass is 479 g/mol. The maximum Gasteiger partial charge on any atom is 1.00 e. The van der Waals surface area contributed by atoms with E-state index in [0.717, 1.165) is 0 Å². The molecular formula is C26H57NO4S. The lowest BCUT2D eigenvalue weighted by molar-refractivity contribution is -0.890. The summed E-state index contributed by atoms with van der Waals surface area (Å²) in [7, 11) is -0.275. The molecule has 0 spiro atoms. The molecule has 0 aliphatic rings. The smallest absolute Gasteiger partial charge is 0.759 e. The third kappa shape index (κ3) is 37.2. The number of quaternary nitrogens is 1. The number of rotatable bonds is 22. The first kappa shape index (κ1) is 34.0. The summed E-state index contributed by atoms with van der Waals surface area (Å²) in [6.07, 6.45) is 29.0. The van der Waals surface area contributed by atoms with Crippen molar-refractivity contribution in [3.63, 3.8) is 0 Å². The maximum absolute atomic E-state index is 8.52. The van der Waals surface area contributed by atoms with Gasteiger partial charge in [0.05, 0.1) is 27.2 Å². The van der Waals surface area contributed by atoms with Crippen LogP contribution >= 0.6 is 0 Å². The van der Waals surface area contributed by atoms with Crippen LogP contribution < -0.4 is 0 Å². The fraction of sp³-hybridized carbons (Fsp3) is 1.00. The van der Waals surface area contributed by atoms with E-state index >= 15 is 0 Å². The standard InChI is InChI=1S/C26H56N.H2O4S/c1-5-7-9-11-13-15-17-19-21-23-25-27(3,4)26-24-22-20-18-16-14-12-10-8-6-2;1-5(2,3)4/h5-26H2,1-4H3;(H2,1,2,3,4)/q+1;/p-1. The Bertz CT molecular complexity index is 439. The minimum Gasteiger partial charge on any atom is -0.759 e. The molecule has 0 heterocycles. The summed E-state index contributed by atoms with van der Waals surface area (Å²) in [5, 5.41) is 0. The average Bonchev–Trinajstić information content (AvgIpc) is 2.69. The predicted molar refractivity (Wildman–Crippen MR) is 137 cm³/mol. The van der Waals surface area contributed by atoms with E-state index in [1.54, 1.807) is 0 Å². The average molecular weight is 480 g/mol. The summed E-state index contributed by atoms with van der Waals surface area (Å²) in [5.41, 5.74) is 0. The van der Waals surface area contributed by atoms with Gasteiger partial charge in [-0.2, -0.15) is 0 Å². The van der Waals surface area contributed by atoms with E-state index in [-0.39, 0.29) is 1.43 Å². The van der Waals surface area contributed by atoms with E-state index in [1.807, 2.05) is 0 Å². The van der Waals surface area contributed by atoms with Crippen molar-refractivity contribution in [2.45, 2.75) is 142 Å². The van der Waals surface area contributed by atoms with Crippen molar-refractivity contribution < 1.29 is 23.4 Å². The Balaban J connectivity index is -0.00000134. The minimum absolute atomic E-state index is 0. The van der Waals surface area contributed by atoms with Gasteiger partial charge in [0, 0.05) is 10.4 Å². The highest BCUT2D eigenvalue weighted by Crippen LogP contribution is 2.14. The zero-order valence-electron chi connectivity index (χ0n) is 23.0. The Hall–Kier alpha value is -0.170. The summed E-state index contributed by atoms with van der Waals surface area (Å²) in [6, 6.07) is 0. The van der Waals surface area contributed by atoms with Crippen LogP contribution in [0.3, 0.4) is 0 Å². The van der Waals surface area contributed by atoms with Gasteiger partial charge >= 0.3 is 1.43 Å². The first-order valence-electron chi connectivity index (χ1n) is 13.6. The fourth-order valence-electron chi connectivity index (χ4n) is 4.17. The van der Waals surface area contributed by atoms with Crippen molar-refractivity contribution >= 4 is 10.4 Å². The van der Waals surface area contributed by atoms with E-state index in [0.29, 0.717) is 0 Å². The Morgan fingerprint density at radius 1 is 0.500 bits per heavy atom. The van der Waals surface area contributed by atoms with Crippen LogP contribution in [0, 0.1) is 0 Å². The number of nitrogens with zero attached hydrogens (tertiary/aromatic N) is 1. The molecule has 0 saturated carbocycles. The van der Waals surface area contributed by atoms with Crippen molar-refractivity contribution in [3.05, 3.63) is 0 Å². The molecule has 6 heteroatoms. The molecule has 0 fully saturated rings. The van der Waals surface area contributed by atoms with Crippen LogP contribution in [0.25, 0.3) is 0 Å². The van der Waals surface area contributed by atoms with Gasteiger partial charge in [0.15, 0.2) is 0 Å². The predicted octanol–water partition coefficient (Wildman–Crippen LogP) is 7.68. The third-order valence-corrected chi connectivity index (χ3v) is 6.23. The van der Waals surface area contributed by atoms with E-state index < -0.39 is 10.4 Å². The lowest BCUT2D eigenvalue weighted by Gasteiger charge is -2.30.